The molecule has 0 heterocycles. The second-order valence-electron chi connectivity index (χ2n) is 6.13. The first-order valence-electron chi connectivity index (χ1n) is 8.65. The minimum absolute atomic E-state index is 0.0526. The van der Waals surface area contributed by atoms with Gasteiger partial charge in [0.2, 0.25) is 0 Å². The van der Waals surface area contributed by atoms with E-state index < -0.39 is 5.97 Å². The lowest BCUT2D eigenvalue weighted by molar-refractivity contribution is -0.153. The quantitative estimate of drug-likeness (QED) is 0.487. The molecule has 0 atom stereocenters. The number of esters is 1. The number of Topliss-reactive ketones (excluding diaryl/α,β-unsaturated/α-hetero) is 1. The van der Waals surface area contributed by atoms with E-state index in [4.69, 9.17) is 14.2 Å². The summed E-state index contributed by atoms with van der Waals surface area (Å²) in [6, 6.07) is 13.8. The molecule has 0 fully saturated rings. The number of rotatable bonds is 9. The lowest BCUT2D eigenvalue weighted by atomic mass is 10.1. The Labute approximate surface area is 163 Å². The number of hydrogen-bond acceptors (Lipinski definition) is 6. The fourth-order valence-electron chi connectivity index (χ4n) is 2.32. The number of ether oxygens (including phenoxy) is 3. The molecule has 2 aromatic rings. The van der Waals surface area contributed by atoms with Gasteiger partial charge in [0.05, 0.1) is 7.11 Å². The molecule has 0 aliphatic heterocycles. The van der Waals surface area contributed by atoms with Crippen molar-refractivity contribution < 1.29 is 28.6 Å². The van der Waals surface area contributed by atoms with E-state index in [0.717, 1.165) is 11.3 Å². The number of carbonyl (C=O) groups is 3. The first kappa shape index (κ1) is 21.0. The standard InChI is InChI=1S/C21H23NO6/c1-15(23)17-6-10-19(11-7-17)27-14-21(25)28-13-20(24)22(2)12-16-4-8-18(26-3)9-5-16/h4-11H,12-14H2,1-3H3. The molecule has 1 amide bonds. The van der Waals surface area contributed by atoms with Gasteiger partial charge in [-0.05, 0) is 48.9 Å². The number of hydrogen-bond donors (Lipinski definition) is 0. The highest BCUT2D eigenvalue weighted by Crippen LogP contribution is 2.13. The summed E-state index contributed by atoms with van der Waals surface area (Å²) in [5.41, 5.74) is 1.49. The van der Waals surface area contributed by atoms with E-state index in [-0.39, 0.29) is 24.9 Å². The molecule has 0 aliphatic rings. The molecule has 0 bridgehead atoms. The van der Waals surface area contributed by atoms with Gasteiger partial charge >= 0.3 is 5.97 Å². The largest absolute Gasteiger partial charge is 0.497 e. The van der Waals surface area contributed by atoms with Crippen LogP contribution in [0.3, 0.4) is 0 Å². The summed E-state index contributed by atoms with van der Waals surface area (Å²) in [6.07, 6.45) is 0. The van der Waals surface area contributed by atoms with Crippen LogP contribution in [0.1, 0.15) is 22.8 Å². The molecule has 2 aromatic carbocycles. The van der Waals surface area contributed by atoms with Gasteiger partial charge in [-0.25, -0.2) is 4.79 Å². The predicted molar refractivity (Wildman–Crippen MR) is 102 cm³/mol. The molecule has 7 nitrogen and oxygen atoms in total. The average Bonchev–Trinajstić information content (AvgIpc) is 2.71. The van der Waals surface area contributed by atoms with Crippen molar-refractivity contribution in [3.05, 3.63) is 59.7 Å². The monoisotopic (exact) mass is 385 g/mol. The van der Waals surface area contributed by atoms with E-state index in [9.17, 15) is 14.4 Å². The number of ketones is 1. The molecular weight excluding hydrogens is 362 g/mol. The second-order valence-corrected chi connectivity index (χ2v) is 6.13. The smallest absolute Gasteiger partial charge is 0.344 e. The summed E-state index contributed by atoms with van der Waals surface area (Å²) >= 11 is 0. The zero-order valence-electron chi connectivity index (χ0n) is 16.1. The van der Waals surface area contributed by atoms with E-state index in [0.29, 0.717) is 17.9 Å². The normalized spacial score (nSPS) is 10.1. The molecule has 28 heavy (non-hydrogen) atoms. The van der Waals surface area contributed by atoms with Crippen molar-refractivity contribution in [2.75, 3.05) is 27.4 Å². The number of benzene rings is 2. The van der Waals surface area contributed by atoms with Crippen molar-refractivity contribution in [3.63, 3.8) is 0 Å². The summed E-state index contributed by atoms with van der Waals surface area (Å²) in [5, 5.41) is 0. The van der Waals surface area contributed by atoms with Gasteiger partial charge in [-0.1, -0.05) is 12.1 Å². The van der Waals surface area contributed by atoms with E-state index in [1.54, 1.807) is 38.4 Å². The van der Waals surface area contributed by atoms with Crippen molar-refractivity contribution in [2.45, 2.75) is 13.5 Å². The van der Waals surface area contributed by atoms with Gasteiger partial charge in [-0.15, -0.1) is 0 Å². The van der Waals surface area contributed by atoms with Crippen molar-refractivity contribution in [1.82, 2.24) is 4.90 Å². The Morgan fingerprint density at radius 1 is 0.893 bits per heavy atom. The molecule has 148 valence electrons. The minimum Gasteiger partial charge on any atom is -0.497 e. The van der Waals surface area contributed by atoms with Gasteiger partial charge in [0.25, 0.3) is 5.91 Å². The maximum Gasteiger partial charge on any atom is 0.344 e. The molecule has 2 rings (SSSR count). The highest BCUT2D eigenvalue weighted by molar-refractivity contribution is 5.94. The Balaban J connectivity index is 1.73. The fraction of sp³-hybridized carbons (Fsp3) is 0.286. The van der Waals surface area contributed by atoms with Gasteiger partial charge in [-0.3, -0.25) is 9.59 Å². The van der Waals surface area contributed by atoms with Crippen molar-refractivity contribution in [3.8, 4) is 11.5 Å². The van der Waals surface area contributed by atoms with Crippen LogP contribution in [0.25, 0.3) is 0 Å². The molecule has 7 heteroatoms. The zero-order chi connectivity index (χ0) is 20.5. The third kappa shape index (κ3) is 6.42. The van der Waals surface area contributed by atoms with Crippen molar-refractivity contribution in [1.29, 1.82) is 0 Å². The topological polar surface area (TPSA) is 82.1 Å². The molecule has 0 saturated heterocycles. The van der Waals surface area contributed by atoms with Crippen LogP contribution >= 0.6 is 0 Å². The summed E-state index contributed by atoms with van der Waals surface area (Å²) in [4.78, 5) is 36.5. The van der Waals surface area contributed by atoms with Crippen molar-refractivity contribution in [2.24, 2.45) is 0 Å². The molecule has 0 aromatic heterocycles. The summed E-state index contributed by atoms with van der Waals surface area (Å²) in [5.74, 6) is 0.146. The molecule has 0 radical (unpaired) electrons. The van der Waals surface area contributed by atoms with Crippen LogP contribution in [0.4, 0.5) is 0 Å². The molecule has 0 aliphatic carbocycles. The predicted octanol–water partition coefficient (Wildman–Crippen LogP) is 2.48. The third-order valence-electron chi connectivity index (χ3n) is 3.98. The molecule has 0 N–H and O–H groups in total. The van der Waals surface area contributed by atoms with Gasteiger partial charge in [0, 0.05) is 19.2 Å². The first-order chi connectivity index (χ1) is 13.4. The number of methoxy groups -OCH3 is 1. The molecule has 0 spiro atoms. The van der Waals surface area contributed by atoms with Crippen LogP contribution in [-0.2, 0) is 20.9 Å². The van der Waals surface area contributed by atoms with E-state index >= 15 is 0 Å². The number of amides is 1. The highest BCUT2D eigenvalue weighted by atomic mass is 16.6. The van der Waals surface area contributed by atoms with E-state index in [1.165, 1.54) is 11.8 Å². The fourth-order valence-corrected chi connectivity index (χ4v) is 2.32. The Hall–Kier alpha value is -3.35. The Morgan fingerprint density at radius 2 is 1.50 bits per heavy atom. The maximum absolute atomic E-state index is 12.1. The van der Waals surface area contributed by atoms with Crippen LogP contribution in [0.2, 0.25) is 0 Å². The number of nitrogens with zero attached hydrogens (tertiary/aromatic N) is 1. The molecule has 0 unspecified atom stereocenters. The van der Waals surface area contributed by atoms with Crippen LogP contribution < -0.4 is 9.47 Å². The lowest BCUT2D eigenvalue weighted by Gasteiger charge is -2.17. The van der Waals surface area contributed by atoms with E-state index in [1.807, 2.05) is 24.3 Å². The summed E-state index contributed by atoms with van der Waals surface area (Å²) < 4.78 is 15.3. The van der Waals surface area contributed by atoms with Gasteiger partial charge in [-0.2, -0.15) is 0 Å². The van der Waals surface area contributed by atoms with E-state index in [2.05, 4.69) is 0 Å². The molecular formula is C21H23NO6. The third-order valence-corrected chi connectivity index (χ3v) is 3.98. The lowest BCUT2D eigenvalue weighted by Crippen LogP contribution is -2.31. The summed E-state index contributed by atoms with van der Waals surface area (Å²) in [6.45, 7) is 1.17. The molecule has 0 saturated carbocycles. The Kier molecular flexibility index (Phi) is 7.56. The summed E-state index contributed by atoms with van der Waals surface area (Å²) in [7, 11) is 3.22. The Bertz CT molecular complexity index is 814. The van der Waals surface area contributed by atoms with Crippen LogP contribution in [-0.4, -0.2) is 49.9 Å². The van der Waals surface area contributed by atoms with Gasteiger partial charge in [0.15, 0.2) is 19.0 Å². The SMILES string of the molecule is COc1ccc(CN(C)C(=O)COC(=O)COc2ccc(C(C)=O)cc2)cc1. The maximum atomic E-state index is 12.1. The first-order valence-corrected chi connectivity index (χ1v) is 8.65. The van der Waals surface area contributed by atoms with Gasteiger partial charge < -0.3 is 19.1 Å². The van der Waals surface area contributed by atoms with Gasteiger partial charge in [0.1, 0.15) is 11.5 Å². The van der Waals surface area contributed by atoms with Crippen LogP contribution in [0.15, 0.2) is 48.5 Å². The number of carbonyl (C=O) groups excluding carboxylic acids is 3. The van der Waals surface area contributed by atoms with Crippen LogP contribution in [0, 0.1) is 0 Å². The minimum atomic E-state index is -0.651. The Morgan fingerprint density at radius 3 is 2.07 bits per heavy atom. The zero-order valence-corrected chi connectivity index (χ0v) is 16.1. The highest BCUT2D eigenvalue weighted by Gasteiger charge is 2.13. The average molecular weight is 385 g/mol. The number of likely N-dealkylation sites (N-methyl/N-ethyl adjacent to an activating group) is 1. The van der Waals surface area contributed by atoms with Crippen molar-refractivity contribution >= 4 is 17.7 Å². The second kappa shape index (κ2) is 10.1. The van der Waals surface area contributed by atoms with Crippen LogP contribution in [0.5, 0.6) is 11.5 Å².